The van der Waals surface area contributed by atoms with Crippen molar-refractivity contribution in [3.63, 3.8) is 0 Å². The molecule has 1 aromatic heterocycles. The predicted octanol–water partition coefficient (Wildman–Crippen LogP) is 2.52. The smallest absolute Gasteiger partial charge is 0.270 e. The molecule has 2 unspecified atom stereocenters. The van der Waals surface area contributed by atoms with E-state index in [0.717, 1.165) is 25.7 Å². The highest BCUT2D eigenvalue weighted by Gasteiger charge is 2.36. The third-order valence-corrected chi connectivity index (χ3v) is 4.16. The van der Waals surface area contributed by atoms with Crippen LogP contribution in [0.1, 0.15) is 43.1 Å². The molecular formula is C14H19BrN2O2. The molecule has 2 atom stereocenters. The van der Waals surface area contributed by atoms with Gasteiger partial charge in [-0.05, 0) is 46.8 Å². The molecule has 1 fully saturated rings. The number of nitrogens with one attached hydrogen (secondary N) is 1. The molecule has 1 heterocycles. The average Bonchev–Trinajstić information content (AvgIpc) is 2.38. The van der Waals surface area contributed by atoms with Crippen LogP contribution in [0, 0.1) is 5.92 Å². The minimum Gasteiger partial charge on any atom is -0.394 e. The molecule has 1 aliphatic rings. The van der Waals surface area contributed by atoms with Crippen molar-refractivity contribution in [1.82, 2.24) is 10.3 Å². The molecule has 4 nitrogen and oxygen atoms in total. The number of carbonyl (C=O) groups is 1. The fourth-order valence-electron chi connectivity index (χ4n) is 2.80. The van der Waals surface area contributed by atoms with E-state index in [0.29, 0.717) is 16.2 Å². The number of hydrogen-bond donors (Lipinski definition) is 2. The fourth-order valence-corrected chi connectivity index (χ4v) is 3.14. The predicted molar refractivity (Wildman–Crippen MR) is 76.9 cm³/mol. The van der Waals surface area contributed by atoms with Crippen molar-refractivity contribution in [3.8, 4) is 0 Å². The van der Waals surface area contributed by atoms with Crippen molar-refractivity contribution in [3.05, 3.63) is 28.5 Å². The molecule has 0 aliphatic heterocycles. The van der Waals surface area contributed by atoms with E-state index in [4.69, 9.17) is 0 Å². The van der Waals surface area contributed by atoms with Gasteiger partial charge in [-0.3, -0.25) is 4.79 Å². The summed E-state index contributed by atoms with van der Waals surface area (Å²) in [7, 11) is 0. The van der Waals surface area contributed by atoms with E-state index >= 15 is 0 Å². The highest BCUT2D eigenvalue weighted by molar-refractivity contribution is 9.10. The Morgan fingerprint density at radius 2 is 2.42 bits per heavy atom. The van der Waals surface area contributed by atoms with E-state index < -0.39 is 5.54 Å². The molecule has 0 spiro atoms. The van der Waals surface area contributed by atoms with Crippen LogP contribution in [0.15, 0.2) is 22.8 Å². The van der Waals surface area contributed by atoms with Gasteiger partial charge in [-0.15, -0.1) is 0 Å². The Morgan fingerprint density at radius 3 is 3.05 bits per heavy atom. The van der Waals surface area contributed by atoms with Crippen LogP contribution in [0.5, 0.6) is 0 Å². The quantitative estimate of drug-likeness (QED) is 0.839. The van der Waals surface area contributed by atoms with Crippen LogP contribution in [-0.4, -0.2) is 28.1 Å². The molecule has 0 bridgehead atoms. The minimum absolute atomic E-state index is 0.0168. The van der Waals surface area contributed by atoms with Gasteiger partial charge in [-0.1, -0.05) is 25.8 Å². The van der Waals surface area contributed by atoms with Gasteiger partial charge in [0.15, 0.2) is 0 Å². The maximum atomic E-state index is 12.2. The first-order valence-corrected chi connectivity index (χ1v) is 7.40. The molecule has 5 heteroatoms. The lowest BCUT2D eigenvalue weighted by Crippen LogP contribution is -2.54. The zero-order valence-electron chi connectivity index (χ0n) is 11.0. The molecule has 0 radical (unpaired) electrons. The highest BCUT2D eigenvalue weighted by atomic mass is 79.9. The molecule has 104 valence electrons. The Hall–Kier alpha value is -0.940. The van der Waals surface area contributed by atoms with Crippen LogP contribution in [-0.2, 0) is 0 Å². The molecule has 1 aromatic rings. The van der Waals surface area contributed by atoms with E-state index in [1.165, 1.54) is 0 Å². The summed E-state index contributed by atoms with van der Waals surface area (Å²) in [5.74, 6) is 0.307. The second kappa shape index (κ2) is 6.01. The van der Waals surface area contributed by atoms with Crippen LogP contribution in [0.25, 0.3) is 0 Å². The average molecular weight is 327 g/mol. The fraction of sp³-hybridized carbons (Fsp3) is 0.571. The van der Waals surface area contributed by atoms with Gasteiger partial charge in [0, 0.05) is 0 Å². The summed E-state index contributed by atoms with van der Waals surface area (Å²) in [6, 6.07) is 5.24. The maximum Gasteiger partial charge on any atom is 0.270 e. The molecule has 19 heavy (non-hydrogen) atoms. The first-order chi connectivity index (χ1) is 9.04. The van der Waals surface area contributed by atoms with Crippen LogP contribution in [0.3, 0.4) is 0 Å². The Morgan fingerprint density at radius 1 is 1.63 bits per heavy atom. The van der Waals surface area contributed by atoms with Crippen LogP contribution in [0.4, 0.5) is 0 Å². The standard InChI is InChI=1S/C14H19BrN2O2/c1-10-4-3-7-14(8-10,9-18)17-13(19)11-5-2-6-12(15)16-11/h2,5-6,10,18H,3-4,7-9H2,1H3,(H,17,19). The number of aliphatic hydroxyl groups is 1. The molecule has 1 saturated carbocycles. The monoisotopic (exact) mass is 326 g/mol. The Balaban J connectivity index is 2.12. The number of carbonyl (C=O) groups excluding carboxylic acids is 1. The summed E-state index contributed by atoms with van der Waals surface area (Å²) < 4.78 is 0.634. The lowest BCUT2D eigenvalue weighted by Gasteiger charge is -2.39. The van der Waals surface area contributed by atoms with E-state index in [1.807, 2.05) is 0 Å². The third kappa shape index (κ3) is 3.54. The van der Waals surface area contributed by atoms with Gasteiger partial charge in [-0.2, -0.15) is 0 Å². The van der Waals surface area contributed by atoms with Crippen molar-refractivity contribution < 1.29 is 9.90 Å². The summed E-state index contributed by atoms with van der Waals surface area (Å²) in [5, 5.41) is 12.6. The highest BCUT2D eigenvalue weighted by Crippen LogP contribution is 2.32. The van der Waals surface area contributed by atoms with E-state index in [-0.39, 0.29) is 12.5 Å². The van der Waals surface area contributed by atoms with Crippen molar-refractivity contribution in [2.24, 2.45) is 5.92 Å². The number of pyridine rings is 1. The molecule has 1 amide bonds. The van der Waals surface area contributed by atoms with Crippen molar-refractivity contribution >= 4 is 21.8 Å². The number of nitrogens with zero attached hydrogens (tertiary/aromatic N) is 1. The number of hydrogen-bond acceptors (Lipinski definition) is 3. The maximum absolute atomic E-state index is 12.2. The number of aromatic nitrogens is 1. The Bertz CT molecular complexity index is 467. The van der Waals surface area contributed by atoms with Crippen molar-refractivity contribution in [2.75, 3.05) is 6.61 Å². The third-order valence-electron chi connectivity index (χ3n) is 3.72. The molecule has 0 saturated heterocycles. The van der Waals surface area contributed by atoms with Gasteiger partial charge in [0.25, 0.3) is 5.91 Å². The molecule has 0 aromatic carbocycles. The topological polar surface area (TPSA) is 62.2 Å². The zero-order chi connectivity index (χ0) is 13.9. The molecular weight excluding hydrogens is 308 g/mol. The van der Waals surface area contributed by atoms with Gasteiger partial charge >= 0.3 is 0 Å². The van der Waals surface area contributed by atoms with E-state index in [9.17, 15) is 9.90 Å². The molecule has 2 rings (SSSR count). The normalized spacial score (nSPS) is 27.0. The van der Waals surface area contributed by atoms with Crippen LogP contribution in [0.2, 0.25) is 0 Å². The summed E-state index contributed by atoms with van der Waals surface area (Å²) in [4.78, 5) is 16.4. The first kappa shape index (κ1) is 14.5. The number of aliphatic hydroxyl groups excluding tert-OH is 1. The Kier molecular flexibility index (Phi) is 4.58. The summed E-state index contributed by atoms with van der Waals surface area (Å²) in [6.07, 6.45) is 3.84. The number of halogens is 1. The zero-order valence-corrected chi connectivity index (χ0v) is 12.6. The Labute approximate surface area is 121 Å². The van der Waals surface area contributed by atoms with Crippen LogP contribution < -0.4 is 5.32 Å². The lowest BCUT2D eigenvalue weighted by atomic mass is 9.77. The molecule has 2 N–H and O–H groups in total. The molecule has 1 aliphatic carbocycles. The van der Waals surface area contributed by atoms with Gasteiger partial charge < -0.3 is 10.4 Å². The van der Waals surface area contributed by atoms with Crippen LogP contribution >= 0.6 is 15.9 Å². The lowest BCUT2D eigenvalue weighted by molar-refractivity contribution is 0.0692. The SMILES string of the molecule is CC1CCCC(CO)(NC(=O)c2cccc(Br)n2)C1. The van der Waals surface area contributed by atoms with Gasteiger partial charge in [0.1, 0.15) is 10.3 Å². The first-order valence-electron chi connectivity index (χ1n) is 6.61. The largest absolute Gasteiger partial charge is 0.394 e. The van der Waals surface area contributed by atoms with E-state index in [2.05, 4.69) is 33.2 Å². The summed E-state index contributed by atoms with van der Waals surface area (Å²) >= 11 is 3.26. The van der Waals surface area contributed by atoms with Gasteiger partial charge in [0.05, 0.1) is 12.1 Å². The summed E-state index contributed by atoms with van der Waals surface area (Å²) in [5.41, 5.74) is -0.112. The second-order valence-electron chi connectivity index (χ2n) is 5.44. The summed E-state index contributed by atoms with van der Waals surface area (Å²) in [6.45, 7) is 2.14. The number of amides is 1. The second-order valence-corrected chi connectivity index (χ2v) is 6.25. The van der Waals surface area contributed by atoms with Gasteiger partial charge in [0.2, 0.25) is 0 Å². The van der Waals surface area contributed by atoms with Gasteiger partial charge in [-0.25, -0.2) is 4.98 Å². The van der Waals surface area contributed by atoms with Crippen molar-refractivity contribution in [2.45, 2.75) is 38.1 Å². The number of rotatable bonds is 3. The minimum atomic E-state index is -0.487. The van der Waals surface area contributed by atoms with E-state index in [1.54, 1.807) is 18.2 Å². The van der Waals surface area contributed by atoms with Crippen molar-refractivity contribution in [1.29, 1.82) is 0 Å².